The highest BCUT2D eigenvalue weighted by atomic mass is 32.2. The molecule has 0 aliphatic heterocycles. The third-order valence-electron chi connectivity index (χ3n) is 4.87. The third-order valence-corrected chi connectivity index (χ3v) is 7.27. The zero-order valence-corrected chi connectivity index (χ0v) is 19.5. The minimum atomic E-state index is 0.416. The van der Waals surface area contributed by atoms with Crippen LogP contribution in [0.2, 0.25) is 0 Å². The molecule has 0 amide bonds. The first kappa shape index (κ1) is 23.4. The fraction of sp³-hybridized carbons (Fsp3) is 0.520. The summed E-state index contributed by atoms with van der Waals surface area (Å²) in [5, 5.41) is 0.416. The van der Waals surface area contributed by atoms with Gasteiger partial charge in [-0.25, -0.2) is 0 Å². The van der Waals surface area contributed by atoms with Gasteiger partial charge in [0.25, 0.3) is 0 Å². The molecule has 154 valence electrons. The molecule has 1 unspecified atom stereocenters. The largest absolute Gasteiger partial charge is 0.309 e. The average Bonchev–Trinajstić information content (AvgIpc) is 2.72. The van der Waals surface area contributed by atoms with Gasteiger partial charge in [0.15, 0.2) is 0 Å². The number of rotatable bonds is 14. The van der Waals surface area contributed by atoms with Crippen molar-refractivity contribution in [3.8, 4) is 0 Å². The fourth-order valence-electron chi connectivity index (χ4n) is 3.18. The van der Waals surface area contributed by atoms with Crippen molar-refractivity contribution in [3.63, 3.8) is 0 Å². The zero-order chi connectivity index (χ0) is 20.0. The molecule has 0 aromatic heterocycles. The molecular weight excluding hydrogens is 378 g/mol. The fourth-order valence-corrected chi connectivity index (χ4v) is 5.50. The molecule has 2 aromatic rings. The summed E-state index contributed by atoms with van der Waals surface area (Å²) in [7, 11) is 4.29. The second-order valence-electron chi connectivity index (χ2n) is 7.65. The van der Waals surface area contributed by atoms with Crippen molar-refractivity contribution in [1.82, 2.24) is 4.90 Å². The first-order valence-corrected chi connectivity index (χ1v) is 12.8. The Labute approximate surface area is 181 Å². The van der Waals surface area contributed by atoms with Gasteiger partial charge >= 0.3 is 0 Å². The maximum Gasteiger partial charge on any atom is 0.0547 e. The van der Waals surface area contributed by atoms with E-state index in [1.165, 1.54) is 60.3 Å². The van der Waals surface area contributed by atoms with Gasteiger partial charge in [-0.15, -0.1) is 23.5 Å². The van der Waals surface area contributed by atoms with Gasteiger partial charge in [0.1, 0.15) is 0 Å². The lowest BCUT2D eigenvalue weighted by Gasteiger charge is -2.19. The van der Waals surface area contributed by atoms with E-state index in [4.69, 9.17) is 0 Å². The molecule has 1 atom stereocenters. The lowest BCUT2D eigenvalue weighted by atomic mass is 10.0. The molecule has 3 heteroatoms. The van der Waals surface area contributed by atoms with E-state index in [1.807, 2.05) is 23.5 Å². The smallest absolute Gasteiger partial charge is 0.0547 e. The Morgan fingerprint density at radius 2 is 1.39 bits per heavy atom. The van der Waals surface area contributed by atoms with Gasteiger partial charge < -0.3 is 4.90 Å². The number of benzene rings is 2. The summed E-state index contributed by atoms with van der Waals surface area (Å²) in [4.78, 5) is 3.67. The van der Waals surface area contributed by atoms with Crippen LogP contribution in [0.5, 0.6) is 0 Å². The van der Waals surface area contributed by atoms with Gasteiger partial charge in [-0.05, 0) is 49.5 Å². The summed E-state index contributed by atoms with van der Waals surface area (Å²) in [6.07, 6.45) is 8.24. The molecule has 0 radical (unpaired) electrons. The predicted molar refractivity (Wildman–Crippen MR) is 130 cm³/mol. The quantitative estimate of drug-likeness (QED) is 0.232. The Morgan fingerprint density at radius 3 is 2.07 bits per heavy atom. The topological polar surface area (TPSA) is 3.24 Å². The summed E-state index contributed by atoms with van der Waals surface area (Å²) >= 11 is 4.05. The minimum Gasteiger partial charge on any atom is -0.309 e. The van der Waals surface area contributed by atoms with Crippen LogP contribution in [0.3, 0.4) is 0 Å². The molecule has 0 fully saturated rings. The van der Waals surface area contributed by atoms with E-state index in [2.05, 4.69) is 80.5 Å². The summed E-state index contributed by atoms with van der Waals surface area (Å²) < 4.78 is 0. The van der Waals surface area contributed by atoms with Gasteiger partial charge in [-0.3, -0.25) is 0 Å². The molecule has 2 rings (SSSR count). The van der Waals surface area contributed by atoms with E-state index in [1.54, 1.807) is 0 Å². The van der Waals surface area contributed by atoms with Crippen LogP contribution in [0.25, 0.3) is 0 Å². The average molecular weight is 416 g/mol. The predicted octanol–water partition coefficient (Wildman–Crippen LogP) is 7.52. The van der Waals surface area contributed by atoms with Gasteiger partial charge in [0.2, 0.25) is 0 Å². The number of thioether (sulfide) groups is 2. The van der Waals surface area contributed by atoms with Crippen molar-refractivity contribution in [2.45, 2.75) is 55.6 Å². The molecule has 0 saturated carbocycles. The Kier molecular flexibility index (Phi) is 11.8. The van der Waals surface area contributed by atoms with Crippen molar-refractivity contribution < 1.29 is 0 Å². The SMILES string of the molecule is CCCCCCCCSc1ccc(C(SCCN(C)C)c2ccccc2)cc1. The maximum absolute atomic E-state index is 2.34. The van der Waals surface area contributed by atoms with E-state index in [0.717, 1.165) is 12.3 Å². The highest BCUT2D eigenvalue weighted by Gasteiger charge is 2.14. The van der Waals surface area contributed by atoms with Crippen LogP contribution in [0, 0.1) is 0 Å². The monoisotopic (exact) mass is 415 g/mol. The van der Waals surface area contributed by atoms with Crippen LogP contribution in [0.1, 0.15) is 61.8 Å². The van der Waals surface area contributed by atoms with Crippen LogP contribution < -0.4 is 0 Å². The Bertz CT molecular complexity index is 625. The standard InChI is InChI=1S/C25H37NS2/c1-4-5-6-7-8-12-20-27-24-17-15-23(16-18-24)25(28-21-19-26(2)3)22-13-10-9-11-14-22/h9-11,13-18,25H,4-8,12,19-21H2,1-3H3. The van der Waals surface area contributed by atoms with Crippen molar-refractivity contribution in [2.24, 2.45) is 0 Å². The van der Waals surface area contributed by atoms with Crippen LogP contribution in [0.4, 0.5) is 0 Å². The molecule has 0 aliphatic rings. The molecule has 0 saturated heterocycles. The van der Waals surface area contributed by atoms with Crippen molar-refractivity contribution in [3.05, 3.63) is 65.7 Å². The van der Waals surface area contributed by atoms with Crippen LogP contribution >= 0.6 is 23.5 Å². The molecule has 2 aromatic carbocycles. The van der Waals surface area contributed by atoms with E-state index in [9.17, 15) is 0 Å². The second-order valence-corrected chi connectivity index (χ2v) is 10.0. The van der Waals surface area contributed by atoms with Gasteiger partial charge in [0, 0.05) is 17.2 Å². The lowest BCUT2D eigenvalue weighted by molar-refractivity contribution is 0.437. The molecular formula is C25H37NS2. The Morgan fingerprint density at radius 1 is 0.750 bits per heavy atom. The van der Waals surface area contributed by atoms with E-state index in [-0.39, 0.29) is 0 Å². The first-order valence-electron chi connectivity index (χ1n) is 10.7. The molecule has 28 heavy (non-hydrogen) atoms. The highest BCUT2D eigenvalue weighted by molar-refractivity contribution is 7.99. The molecule has 0 aliphatic carbocycles. The minimum absolute atomic E-state index is 0.416. The Balaban J connectivity index is 1.88. The van der Waals surface area contributed by atoms with E-state index < -0.39 is 0 Å². The summed E-state index contributed by atoms with van der Waals surface area (Å²) in [5.74, 6) is 2.38. The van der Waals surface area contributed by atoms with E-state index >= 15 is 0 Å². The molecule has 0 bridgehead atoms. The number of hydrogen-bond donors (Lipinski definition) is 0. The molecule has 1 nitrogen and oxygen atoms in total. The summed E-state index contributed by atoms with van der Waals surface area (Å²) in [5.41, 5.74) is 2.82. The second kappa shape index (κ2) is 14.1. The normalized spacial score (nSPS) is 12.4. The molecule has 0 N–H and O–H groups in total. The zero-order valence-electron chi connectivity index (χ0n) is 17.9. The van der Waals surface area contributed by atoms with Crippen molar-refractivity contribution >= 4 is 23.5 Å². The number of hydrogen-bond acceptors (Lipinski definition) is 3. The van der Waals surface area contributed by atoms with Crippen LogP contribution in [-0.4, -0.2) is 37.0 Å². The Hall–Kier alpha value is -0.900. The number of nitrogens with zero attached hydrogens (tertiary/aromatic N) is 1. The van der Waals surface area contributed by atoms with E-state index in [0.29, 0.717) is 5.25 Å². The summed E-state index contributed by atoms with van der Waals surface area (Å²) in [6, 6.07) is 20.2. The van der Waals surface area contributed by atoms with Crippen molar-refractivity contribution in [1.29, 1.82) is 0 Å². The number of unbranched alkanes of at least 4 members (excludes halogenated alkanes) is 5. The van der Waals surface area contributed by atoms with Gasteiger partial charge in [-0.1, -0.05) is 81.5 Å². The summed E-state index contributed by atoms with van der Waals surface area (Å²) in [6.45, 7) is 3.39. The van der Waals surface area contributed by atoms with Crippen LogP contribution in [0.15, 0.2) is 59.5 Å². The first-order chi connectivity index (χ1) is 13.7. The van der Waals surface area contributed by atoms with Gasteiger partial charge in [0.05, 0.1) is 5.25 Å². The van der Waals surface area contributed by atoms with Gasteiger partial charge in [-0.2, -0.15) is 0 Å². The lowest BCUT2D eigenvalue weighted by Crippen LogP contribution is -2.15. The highest BCUT2D eigenvalue weighted by Crippen LogP contribution is 2.36. The third kappa shape index (κ3) is 9.07. The molecule has 0 spiro atoms. The van der Waals surface area contributed by atoms with Crippen LogP contribution in [-0.2, 0) is 0 Å². The van der Waals surface area contributed by atoms with Crippen molar-refractivity contribution in [2.75, 3.05) is 32.1 Å². The molecule has 0 heterocycles. The maximum atomic E-state index is 2.34.